The van der Waals surface area contributed by atoms with Gasteiger partial charge in [-0.2, -0.15) is 0 Å². The van der Waals surface area contributed by atoms with Crippen molar-refractivity contribution >= 4 is 17.3 Å². The maximum absolute atomic E-state index is 4.61. The Morgan fingerprint density at radius 3 is 2.74 bits per heavy atom. The number of aryl methyl sites for hydroxylation is 2. The number of nitrogens with zero attached hydrogens (tertiary/aromatic N) is 3. The Morgan fingerprint density at radius 1 is 1.22 bits per heavy atom. The van der Waals surface area contributed by atoms with E-state index in [-0.39, 0.29) is 0 Å². The first-order valence-corrected chi connectivity index (χ1v) is 8.90. The van der Waals surface area contributed by atoms with E-state index in [9.17, 15) is 0 Å². The minimum atomic E-state index is 0.741. The summed E-state index contributed by atoms with van der Waals surface area (Å²) < 4.78 is 0. The molecule has 0 amide bonds. The van der Waals surface area contributed by atoms with Gasteiger partial charge < -0.3 is 10.6 Å². The number of hydrogen-bond acceptors (Lipinski definition) is 4. The molecule has 0 radical (unpaired) electrons. The van der Waals surface area contributed by atoms with Crippen LogP contribution in [0.25, 0.3) is 0 Å². The normalized spacial score (nSPS) is 11.5. The highest BCUT2D eigenvalue weighted by atomic mass is 32.1. The summed E-state index contributed by atoms with van der Waals surface area (Å²) in [5.74, 6) is 0.861. The van der Waals surface area contributed by atoms with Crippen LogP contribution in [0.5, 0.6) is 0 Å². The molecule has 0 saturated carbocycles. The van der Waals surface area contributed by atoms with Crippen LogP contribution < -0.4 is 10.6 Å². The summed E-state index contributed by atoms with van der Waals surface area (Å²) in [5, 5.41) is 9.86. The molecule has 0 aromatic carbocycles. The molecular weight excluding hydrogens is 306 g/mol. The SMILES string of the molecule is CCNC(=NCCc1csc(C)n1)NCCc1ccc(C)nc1. The van der Waals surface area contributed by atoms with E-state index in [2.05, 4.69) is 44.0 Å². The van der Waals surface area contributed by atoms with Gasteiger partial charge >= 0.3 is 0 Å². The van der Waals surface area contributed by atoms with Gasteiger partial charge in [-0.15, -0.1) is 11.3 Å². The Labute approximate surface area is 142 Å². The molecule has 0 aliphatic rings. The van der Waals surface area contributed by atoms with Crippen molar-refractivity contribution < 1.29 is 0 Å². The molecule has 124 valence electrons. The Balaban J connectivity index is 1.77. The third kappa shape index (κ3) is 6.36. The van der Waals surface area contributed by atoms with Gasteiger partial charge in [-0.1, -0.05) is 6.07 Å². The third-order valence-electron chi connectivity index (χ3n) is 3.33. The summed E-state index contributed by atoms with van der Waals surface area (Å²) in [6.45, 7) is 8.54. The van der Waals surface area contributed by atoms with Crippen LogP contribution in [0.2, 0.25) is 0 Å². The third-order valence-corrected chi connectivity index (χ3v) is 4.15. The quantitative estimate of drug-likeness (QED) is 0.604. The van der Waals surface area contributed by atoms with E-state index in [1.54, 1.807) is 11.3 Å². The van der Waals surface area contributed by atoms with Gasteiger partial charge in [0.1, 0.15) is 0 Å². The van der Waals surface area contributed by atoms with E-state index in [1.807, 2.05) is 26.1 Å². The number of rotatable bonds is 7. The molecule has 0 fully saturated rings. The zero-order valence-corrected chi connectivity index (χ0v) is 14.9. The number of aromatic nitrogens is 2. The number of hydrogen-bond donors (Lipinski definition) is 2. The topological polar surface area (TPSA) is 62.2 Å². The molecule has 0 unspecified atom stereocenters. The minimum Gasteiger partial charge on any atom is -0.357 e. The van der Waals surface area contributed by atoms with Crippen molar-refractivity contribution in [2.75, 3.05) is 19.6 Å². The number of pyridine rings is 1. The van der Waals surface area contributed by atoms with E-state index in [4.69, 9.17) is 0 Å². The molecule has 23 heavy (non-hydrogen) atoms. The highest BCUT2D eigenvalue weighted by Crippen LogP contribution is 2.08. The summed E-state index contributed by atoms with van der Waals surface area (Å²) in [6, 6.07) is 4.17. The second kappa shape index (κ2) is 9.25. The first kappa shape index (κ1) is 17.4. The van der Waals surface area contributed by atoms with Crippen molar-refractivity contribution in [2.45, 2.75) is 33.6 Å². The van der Waals surface area contributed by atoms with E-state index >= 15 is 0 Å². The van der Waals surface area contributed by atoms with E-state index in [1.165, 1.54) is 5.56 Å². The number of nitrogens with one attached hydrogen (secondary N) is 2. The highest BCUT2D eigenvalue weighted by Gasteiger charge is 2.00. The molecule has 0 saturated heterocycles. The van der Waals surface area contributed by atoms with Crippen molar-refractivity contribution in [1.82, 2.24) is 20.6 Å². The molecule has 2 rings (SSSR count). The fourth-order valence-electron chi connectivity index (χ4n) is 2.12. The zero-order valence-electron chi connectivity index (χ0n) is 14.1. The van der Waals surface area contributed by atoms with Crippen LogP contribution in [0, 0.1) is 13.8 Å². The van der Waals surface area contributed by atoms with Gasteiger partial charge in [0, 0.05) is 43.3 Å². The summed E-state index contributed by atoms with van der Waals surface area (Å²) in [4.78, 5) is 13.4. The van der Waals surface area contributed by atoms with Crippen LogP contribution in [0.4, 0.5) is 0 Å². The van der Waals surface area contributed by atoms with Crippen LogP contribution in [0.15, 0.2) is 28.7 Å². The monoisotopic (exact) mass is 331 g/mol. The van der Waals surface area contributed by atoms with Crippen LogP contribution in [0.1, 0.15) is 28.9 Å². The molecule has 0 spiro atoms. The molecule has 5 nitrogen and oxygen atoms in total. The fraction of sp³-hybridized carbons (Fsp3) is 0.471. The molecule has 2 aromatic heterocycles. The zero-order chi connectivity index (χ0) is 16.5. The summed E-state index contributed by atoms with van der Waals surface area (Å²) >= 11 is 1.69. The Kier molecular flexibility index (Phi) is 7.00. The highest BCUT2D eigenvalue weighted by molar-refractivity contribution is 7.09. The second-order valence-corrected chi connectivity index (χ2v) is 6.42. The standard InChI is InChI=1S/C17H25N5S/c1-4-18-17(20-10-8-16-12-23-14(3)22-16)19-9-7-15-6-5-13(2)21-11-15/h5-6,11-12H,4,7-10H2,1-3H3,(H2,18,19,20). The predicted molar refractivity (Wildman–Crippen MR) is 97.2 cm³/mol. The predicted octanol–water partition coefficient (Wildman–Crippen LogP) is 2.50. The van der Waals surface area contributed by atoms with Gasteiger partial charge in [0.2, 0.25) is 0 Å². The molecule has 2 aromatic rings. The average Bonchev–Trinajstić information content (AvgIpc) is 2.95. The minimum absolute atomic E-state index is 0.741. The van der Waals surface area contributed by atoms with Crippen LogP contribution >= 0.6 is 11.3 Å². The fourth-order valence-corrected chi connectivity index (χ4v) is 2.77. The van der Waals surface area contributed by atoms with E-state index < -0.39 is 0 Å². The molecule has 0 aliphatic carbocycles. The Hall–Kier alpha value is -1.95. The average molecular weight is 331 g/mol. The Morgan fingerprint density at radius 2 is 2.09 bits per heavy atom. The van der Waals surface area contributed by atoms with Gasteiger partial charge in [-0.3, -0.25) is 9.98 Å². The van der Waals surface area contributed by atoms with Crippen LogP contribution in [-0.4, -0.2) is 35.6 Å². The molecule has 0 bridgehead atoms. The number of thiazole rings is 1. The van der Waals surface area contributed by atoms with Crippen molar-refractivity contribution in [3.05, 3.63) is 45.7 Å². The first-order chi connectivity index (χ1) is 11.2. The lowest BCUT2D eigenvalue weighted by Crippen LogP contribution is -2.38. The van der Waals surface area contributed by atoms with Crippen LogP contribution in [0.3, 0.4) is 0 Å². The summed E-state index contributed by atoms with van der Waals surface area (Å²) in [6.07, 6.45) is 3.75. The molecule has 0 aliphatic heterocycles. The molecule has 6 heteroatoms. The summed E-state index contributed by atoms with van der Waals surface area (Å²) in [5.41, 5.74) is 3.41. The second-order valence-electron chi connectivity index (χ2n) is 5.35. The Bertz CT molecular complexity index is 618. The van der Waals surface area contributed by atoms with Gasteiger partial charge in [0.25, 0.3) is 0 Å². The van der Waals surface area contributed by atoms with Crippen molar-refractivity contribution in [3.63, 3.8) is 0 Å². The smallest absolute Gasteiger partial charge is 0.191 e. The van der Waals surface area contributed by atoms with Gasteiger partial charge in [0.15, 0.2) is 5.96 Å². The van der Waals surface area contributed by atoms with Crippen molar-refractivity contribution in [1.29, 1.82) is 0 Å². The maximum Gasteiger partial charge on any atom is 0.191 e. The molecular formula is C17H25N5S. The van der Waals surface area contributed by atoms with Crippen molar-refractivity contribution in [3.8, 4) is 0 Å². The van der Waals surface area contributed by atoms with Gasteiger partial charge in [-0.05, 0) is 38.8 Å². The lowest BCUT2D eigenvalue weighted by Gasteiger charge is -2.11. The van der Waals surface area contributed by atoms with Crippen LogP contribution in [-0.2, 0) is 12.8 Å². The lowest BCUT2D eigenvalue weighted by molar-refractivity contribution is 0.792. The molecule has 2 heterocycles. The van der Waals surface area contributed by atoms with Crippen molar-refractivity contribution in [2.24, 2.45) is 4.99 Å². The maximum atomic E-state index is 4.61. The first-order valence-electron chi connectivity index (χ1n) is 8.02. The van der Waals surface area contributed by atoms with Gasteiger partial charge in [-0.25, -0.2) is 4.98 Å². The van der Waals surface area contributed by atoms with E-state index in [0.29, 0.717) is 0 Å². The summed E-state index contributed by atoms with van der Waals surface area (Å²) in [7, 11) is 0. The largest absolute Gasteiger partial charge is 0.357 e. The molecule has 0 atom stereocenters. The lowest BCUT2D eigenvalue weighted by atomic mass is 10.2. The van der Waals surface area contributed by atoms with Gasteiger partial charge in [0.05, 0.1) is 10.7 Å². The van der Waals surface area contributed by atoms with E-state index in [0.717, 1.165) is 54.8 Å². The number of guanidine groups is 1. The number of aliphatic imine (C=N–C) groups is 1. The molecule has 2 N–H and O–H groups in total.